The molecule has 1 unspecified atom stereocenters. The van der Waals surface area contributed by atoms with E-state index in [0.717, 1.165) is 45.7 Å². The van der Waals surface area contributed by atoms with Crippen LogP contribution in [0.1, 0.15) is 32.6 Å². The number of piperidine rings is 1. The maximum Gasteiger partial charge on any atom is 0.0777 e. The van der Waals surface area contributed by atoms with Crippen LogP contribution in [0.5, 0.6) is 0 Å². The first-order chi connectivity index (χ1) is 8.61. The maximum atomic E-state index is 6.04. The van der Waals surface area contributed by atoms with Gasteiger partial charge in [0.15, 0.2) is 0 Å². The molecule has 2 saturated heterocycles. The summed E-state index contributed by atoms with van der Waals surface area (Å²) in [5, 5.41) is 0. The number of hydrogen-bond donors (Lipinski definition) is 1. The van der Waals surface area contributed by atoms with Gasteiger partial charge >= 0.3 is 0 Å². The van der Waals surface area contributed by atoms with Crippen LogP contribution in [0.2, 0.25) is 0 Å². The van der Waals surface area contributed by atoms with Crippen LogP contribution >= 0.6 is 0 Å². The Bertz CT molecular complexity index is 267. The van der Waals surface area contributed by atoms with E-state index in [9.17, 15) is 0 Å². The lowest BCUT2D eigenvalue weighted by atomic mass is 9.79. The highest BCUT2D eigenvalue weighted by Gasteiger charge is 2.37. The number of ether oxygens (including phenoxy) is 2. The van der Waals surface area contributed by atoms with Crippen LogP contribution in [-0.4, -0.2) is 57.0 Å². The molecule has 2 aliphatic heterocycles. The summed E-state index contributed by atoms with van der Waals surface area (Å²) in [6, 6.07) is 0. The van der Waals surface area contributed by atoms with E-state index in [2.05, 4.69) is 11.8 Å². The first-order valence-electron chi connectivity index (χ1n) is 7.17. The minimum absolute atomic E-state index is 0.0270. The molecule has 0 spiro atoms. The third-order valence-corrected chi connectivity index (χ3v) is 4.78. The predicted molar refractivity (Wildman–Crippen MR) is 72.6 cm³/mol. The zero-order valence-corrected chi connectivity index (χ0v) is 11.9. The minimum atomic E-state index is 0.0270. The van der Waals surface area contributed by atoms with Crippen molar-refractivity contribution >= 4 is 0 Å². The Hall–Kier alpha value is -0.160. The summed E-state index contributed by atoms with van der Waals surface area (Å²) in [5.41, 5.74) is 6.34. The summed E-state index contributed by atoms with van der Waals surface area (Å²) in [6.07, 6.45) is 4.59. The quantitative estimate of drug-likeness (QED) is 0.822. The number of likely N-dealkylation sites (tertiary alicyclic amines) is 1. The van der Waals surface area contributed by atoms with Crippen LogP contribution in [0.4, 0.5) is 0 Å². The van der Waals surface area contributed by atoms with Crippen molar-refractivity contribution in [2.75, 3.05) is 46.5 Å². The largest absolute Gasteiger partial charge is 0.381 e. The maximum absolute atomic E-state index is 6.04. The van der Waals surface area contributed by atoms with Crippen molar-refractivity contribution in [1.82, 2.24) is 4.90 Å². The van der Waals surface area contributed by atoms with Crippen LogP contribution in [0.25, 0.3) is 0 Å². The van der Waals surface area contributed by atoms with E-state index in [1.165, 1.54) is 19.4 Å². The fourth-order valence-electron chi connectivity index (χ4n) is 3.31. The van der Waals surface area contributed by atoms with Crippen molar-refractivity contribution in [3.63, 3.8) is 0 Å². The zero-order chi connectivity index (χ0) is 13.1. The lowest BCUT2D eigenvalue weighted by Crippen LogP contribution is -2.53. The molecule has 2 rings (SSSR count). The summed E-state index contributed by atoms with van der Waals surface area (Å²) in [6.45, 7) is 8.05. The van der Waals surface area contributed by atoms with E-state index >= 15 is 0 Å². The molecule has 2 aliphatic rings. The molecule has 2 heterocycles. The van der Waals surface area contributed by atoms with Crippen molar-refractivity contribution in [3.05, 3.63) is 0 Å². The van der Waals surface area contributed by atoms with Gasteiger partial charge in [0, 0.05) is 33.4 Å². The number of hydrogen-bond acceptors (Lipinski definition) is 4. The lowest BCUT2D eigenvalue weighted by Gasteiger charge is -2.45. The number of methoxy groups -OCH3 is 1. The molecule has 0 radical (unpaired) electrons. The Morgan fingerprint density at radius 1 is 1.28 bits per heavy atom. The van der Waals surface area contributed by atoms with Gasteiger partial charge < -0.3 is 15.2 Å². The van der Waals surface area contributed by atoms with Crippen LogP contribution < -0.4 is 5.73 Å². The third kappa shape index (κ3) is 3.23. The average molecular weight is 256 g/mol. The molecule has 2 fully saturated rings. The Morgan fingerprint density at radius 2 is 2.00 bits per heavy atom. The molecule has 0 saturated carbocycles. The van der Waals surface area contributed by atoms with Gasteiger partial charge in [-0.1, -0.05) is 0 Å². The molecular weight excluding hydrogens is 228 g/mol. The van der Waals surface area contributed by atoms with Gasteiger partial charge in [0.1, 0.15) is 0 Å². The van der Waals surface area contributed by atoms with Gasteiger partial charge in [-0.3, -0.25) is 4.90 Å². The molecule has 106 valence electrons. The molecule has 0 bridgehead atoms. The molecule has 18 heavy (non-hydrogen) atoms. The van der Waals surface area contributed by atoms with Crippen molar-refractivity contribution in [2.24, 2.45) is 11.1 Å². The van der Waals surface area contributed by atoms with Gasteiger partial charge in [0.25, 0.3) is 0 Å². The van der Waals surface area contributed by atoms with Crippen LogP contribution in [0.15, 0.2) is 0 Å². The SMILES string of the molecule is COC1(C)CCCN(CC2(CN)CCOCC2)C1. The second-order valence-electron chi connectivity index (χ2n) is 6.28. The van der Waals surface area contributed by atoms with Crippen molar-refractivity contribution in [3.8, 4) is 0 Å². The van der Waals surface area contributed by atoms with Crippen LogP contribution in [0.3, 0.4) is 0 Å². The number of nitrogens with two attached hydrogens (primary N) is 1. The van der Waals surface area contributed by atoms with E-state index in [0.29, 0.717) is 0 Å². The lowest BCUT2D eigenvalue weighted by molar-refractivity contribution is -0.0694. The van der Waals surface area contributed by atoms with Gasteiger partial charge in [0.05, 0.1) is 5.60 Å². The second kappa shape index (κ2) is 5.87. The van der Waals surface area contributed by atoms with Gasteiger partial charge in [0.2, 0.25) is 0 Å². The van der Waals surface area contributed by atoms with E-state index in [1.54, 1.807) is 0 Å². The standard InChI is InChI=1S/C14H28N2O2/c1-13(17-2)4-3-7-16(11-13)12-14(10-15)5-8-18-9-6-14/h3-12,15H2,1-2H3. The van der Waals surface area contributed by atoms with Crippen LogP contribution in [0, 0.1) is 5.41 Å². The molecule has 4 heteroatoms. The number of rotatable bonds is 4. The first-order valence-corrected chi connectivity index (χ1v) is 7.17. The Kier molecular flexibility index (Phi) is 4.64. The topological polar surface area (TPSA) is 47.7 Å². The molecule has 2 N–H and O–H groups in total. The molecule has 0 amide bonds. The molecule has 0 aromatic heterocycles. The third-order valence-electron chi connectivity index (χ3n) is 4.78. The summed E-state index contributed by atoms with van der Waals surface area (Å²) in [7, 11) is 1.83. The first kappa shape index (κ1) is 14.3. The molecule has 0 aliphatic carbocycles. The fraction of sp³-hybridized carbons (Fsp3) is 1.00. The van der Waals surface area contributed by atoms with Crippen molar-refractivity contribution in [1.29, 1.82) is 0 Å². The monoisotopic (exact) mass is 256 g/mol. The molecule has 0 aromatic rings. The fourth-order valence-corrected chi connectivity index (χ4v) is 3.31. The molecule has 4 nitrogen and oxygen atoms in total. The highest BCUT2D eigenvalue weighted by atomic mass is 16.5. The molecular formula is C14H28N2O2. The van der Waals surface area contributed by atoms with Gasteiger partial charge in [-0.15, -0.1) is 0 Å². The smallest absolute Gasteiger partial charge is 0.0777 e. The summed E-state index contributed by atoms with van der Waals surface area (Å²) < 4.78 is 11.1. The summed E-state index contributed by atoms with van der Waals surface area (Å²) >= 11 is 0. The van der Waals surface area contributed by atoms with E-state index < -0.39 is 0 Å². The van der Waals surface area contributed by atoms with Crippen LogP contribution in [-0.2, 0) is 9.47 Å². The van der Waals surface area contributed by atoms with E-state index in [-0.39, 0.29) is 11.0 Å². The zero-order valence-electron chi connectivity index (χ0n) is 11.9. The van der Waals surface area contributed by atoms with Crippen molar-refractivity contribution < 1.29 is 9.47 Å². The number of nitrogens with zero attached hydrogens (tertiary/aromatic N) is 1. The van der Waals surface area contributed by atoms with Gasteiger partial charge in [-0.25, -0.2) is 0 Å². The Labute approximate surface area is 111 Å². The summed E-state index contributed by atoms with van der Waals surface area (Å²) in [5.74, 6) is 0. The van der Waals surface area contributed by atoms with Crippen molar-refractivity contribution in [2.45, 2.75) is 38.2 Å². The predicted octanol–water partition coefficient (Wildman–Crippen LogP) is 1.24. The van der Waals surface area contributed by atoms with E-state index in [1.807, 2.05) is 7.11 Å². The molecule has 1 atom stereocenters. The second-order valence-corrected chi connectivity index (χ2v) is 6.28. The Morgan fingerprint density at radius 3 is 2.61 bits per heavy atom. The summed E-state index contributed by atoms with van der Waals surface area (Å²) in [4.78, 5) is 2.55. The van der Waals surface area contributed by atoms with E-state index in [4.69, 9.17) is 15.2 Å². The van der Waals surface area contributed by atoms with Gasteiger partial charge in [-0.2, -0.15) is 0 Å². The molecule has 0 aromatic carbocycles. The average Bonchev–Trinajstić information content (AvgIpc) is 2.40. The van der Waals surface area contributed by atoms with Gasteiger partial charge in [-0.05, 0) is 51.1 Å². The minimum Gasteiger partial charge on any atom is -0.381 e. The Balaban J connectivity index is 1.94. The highest BCUT2D eigenvalue weighted by Crippen LogP contribution is 2.33. The highest BCUT2D eigenvalue weighted by molar-refractivity contribution is 4.91. The normalized spacial score (nSPS) is 33.5.